The SMILES string of the molecule is Cc1cc(F)ccc1C(C)C(=O)N1CC(S(=O)(=O)N2CCC(c3coc4cccnc34)CC2)C1. The number of benzene rings is 1. The van der Waals surface area contributed by atoms with Crippen LogP contribution in [0.15, 0.2) is 47.2 Å². The van der Waals surface area contributed by atoms with Gasteiger partial charge in [-0.25, -0.2) is 17.1 Å². The van der Waals surface area contributed by atoms with Gasteiger partial charge in [0, 0.05) is 37.9 Å². The third kappa shape index (κ3) is 4.01. The molecular weight excluding hydrogens is 457 g/mol. The molecule has 7 nitrogen and oxygen atoms in total. The van der Waals surface area contributed by atoms with E-state index in [4.69, 9.17) is 4.42 Å². The molecule has 1 atom stereocenters. The number of furan rings is 1. The summed E-state index contributed by atoms with van der Waals surface area (Å²) in [5.74, 6) is -0.698. The highest BCUT2D eigenvalue weighted by molar-refractivity contribution is 7.89. The minimum Gasteiger partial charge on any atom is -0.462 e. The largest absolute Gasteiger partial charge is 0.462 e. The van der Waals surface area contributed by atoms with Crippen LogP contribution in [-0.2, 0) is 14.8 Å². The zero-order valence-corrected chi connectivity index (χ0v) is 20.1. The van der Waals surface area contributed by atoms with Crippen molar-refractivity contribution in [3.05, 3.63) is 65.3 Å². The highest BCUT2D eigenvalue weighted by atomic mass is 32.2. The van der Waals surface area contributed by atoms with E-state index in [0.29, 0.717) is 31.5 Å². The lowest BCUT2D eigenvalue weighted by Gasteiger charge is -2.43. The molecule has 0 aliphatic carbocycles. The monoisotopic (exact) mass is 485 g/mol. The van der Waals surface area contributed by atoms with Crippen LogP contribution in [0.2, 0.25) is 0 Å². The Morgan fingerprint density at radius 2 is 1.94 bits per heavy atom. The van der Waals surface area contributed by atoms with Crippen LogP contribution < -0.4 is 0 Å². The Kier molecular flexibility index (Phi) is 5.93. The minimum atomic E-state index is -3.48. The first-order chi connectivity index (χ1) is 16.3. The molecule has 2 aliphatic rings. The number of likely N-dealkylation sites (tertiary alicyclic amines) is 1. The Hall–Kier alpha value is -2.78. The zero-order valence-electron chi connectivity index (χ0n) is 19.3. The molecule has 0 radical (unpaired) electrons. The normalized spacial score (nSPS) is 19.3. The number of pyridine rings is 1. The Bertz CT molecular complexity index is 1320. The molecule has 2 fully saturated rings. The number of carbonyl (C=O) groups excluding carboxylic acids is 1. The summed E-state index contributed by atoms with van der Waals surface area (Å²) in [7, 11) is -3.48. The standard InChI is InChI=1S/C25H28FN3O4S/c1-16-12-19(26)5-6-21(16)17(2)25(30)28-13-20(14-28)34(31,32)29-10-7-18(8-11-29)22-15-33-23-4-3-9-27-24(22)23/h3-6,9,12,15,17-18,20H,7-8,10-11,13-14H2,1-2H3. The number of nitrogens with zero attached hydrogens (tertiary/aromatic N) is 3. The van der Waals surface area contributed by atoms with E-state index < -0.39 is 21.2 Å². The van der Waals surface area contributed by atoms with Crippen LogP contribution in [-0.4, -0.2) is 59.9 Å². The second-order valence-electron chi connectivity index (χ2n) is 9.35. The summed E-state index contributed by atoms with van der Waals surface area (Å²) in [6, 6.07) is 8.10. The predicted molar refractivity (Wildman–Crippen MR) is 126 cm³/mol. The molecule has 1 amide bonds. The van der Waals surface area contributed by atoms with E-state index in [1.54, 1.807) is 41.6 Å². The van der Waals surface area contributed by atoms with Gasteiger partial charge in [-0.2, -0.15) is 0 Å². The van der Waals surface area contributed by atoms with Gasteiger partial charge in [0.15, 0.2) is 5.58 Å². The van der Waals surface area contributed by atoms with Crippen LogP contribution in [0.5, 0.6) is 0 Å². The fourth-order valence-electron chi connectivity index (χ4n) is 5.15. The Labute approximate surface area is 198 Å². The Balaban J connectivity index is 1.19. The van der Waals surface area contributed by atoms with E-state index >= 15 is 0 Å². The summed E-state index contributed by atoms with van der Waals surface area (Å²) in [5.41, 5.74) is 4.12. The van der Waals surface area contributed by atoms with Gasteiger partial charge in [0.2, 0.25) is 15.9 Å². The number of carbonyl (C=O) groups is 1. The molecule has 3 aromatic rings. The number of halogens is 1. The number of aromatic nitrogens is 1. The summed E-state index contributed by atoms with van der Waals surface area (Å²) in [5, 5.41) is -0.578. The van der Waals surface area contributed by atoms with Crippen molar-refractivity contribution in [3.63, 3.8) is 0 Å². The maximum atomic E-state index is 13.4. The van der Waals surface area contributed by atoms with Crippen molar-refractivity contribution in [1.29, 1.82) is 0 Å². The lowest BCUT2D eigenvalue weighted by atomic mass is 9.91. The average molecular weight is 486 g/mol. The minimum absolute atomic E-state index is 0.126. The average Bonchev–Trinajstić information content (AvgIpc) is 3.22. The summed E-state index contributed by atoms with van der Waals surface area (Å²) < 4.78 is 47.0. The van der Waals surface area contributed by atoms with Gasteiger partial charge in [-0.3, -0.25) is 9.78 Å². The molecule has 4 heterocycles. The number of hydrogen-bond donors (Lipinski definition) is 0. The number of amides is 1. The molecule has 0 bridgehead atoms. The highest BCUT2D eigenvalue weighted by Crippen LogP contribution is 2.35. The third-order valence-electron chi connectivity index (χ3n) is 7.26. The number of piperidine rings is 1. The summed E-state index contributed by atoms with van der Waals surface area (Å²) in [4.78, 5) is 18.9. The molecule has 2 aromatic heterocycles. The fraction of sp³-hybridized carbons (Fsp3) is 0.440. The molecule has 0 saturated carbocycles. The van der Waals surface area contributed by atoms with E-state index in [0.717, 1.165) is 22.2 Å². The van der Waals surface area contributed by atoms with Crippen LogP contribution in [0.25, 0.3) is 11.1 Å². The molecular formula is C25H28FN3O4S. The van der Waals surface area contributed by atoms with Crippen LogP contribution in [0.4, 0.5) is 4.39 Å². The van der Waals surface area contributed by atoms with Gasteiger partial charge in [-0.15, -0.1) is 0 Å². The van der Waals surface area contributed by atoms with Crippen LogP contribution >= 0.6 is 0 Å². The molecule has 0 N–H and O–H groups in total. The lowest BCUT2D eigenvalue weighted by Crippen LogP contribution is -2.61. The molecule has 1 aromatic carbocycles. The fourth-order valence-corrected chi connectivity index (χ4v) is 7.02. The summed E-state index contributed by atoms with van der Waals surface area (Å²) in [6.45, 7) is 4.84. The predicted octanol–water partition coefficient (Wildman–Crippen LogP) is 3.80. The second-order valence-corrected chi connectivity index (χ2v) is 11.6. The van der Waals surface area contributed by atoms with E-state index in [9.17, 15) is 17.6 Å². The van der Waals surface area contributed by atoms with Crippen molar-refractivity contribution in [2.45, 2.75) is 43.8 Å². The molecule has 9 heteroatoms. The van der Waals surface area contributed by atoms with Crippen molar-refractivity contribution in [1.82, 2.24) is 14.2 Å². The summed E-state index contributed by atoms with van der Waals surface area (Å²) in [6.07, 6.45) is 4.90. The van der Waals surface area contributed by atoms with E-state index in [2.05, 4.69) is 4.98 Å². The Morgan fingerprint density at radius 3 is 2.65 bits per heavy atom. The van der Waals surface area contributed by atoms with Crippen LogP contribution in [0.1, 0.15) is 48.3 Å². The first-order valence-corrected chi connectivity index (χ1v) is 13.1. The van der Waals surface area contributed by atoms with E-state index in [1.165, 1.54) is 12.1 Å². The number of rotatable bonds is 5. The number of fused-ring (bicyclic) bond motifs is 1. The van der Waals surface area contributed by atoms with Crippen molar-refractivity contribution in [2.24, 2.45) is 0 Å². The Morgan fingerprint density at radius 1 is 1.21 bits per heavy atom. The summed E-state index contributed by atoms with van der Waals surface area (Å²) >= 11 is 0. The van der Waals surface area contributed by atoms with Crippen molar-refractivity contribution >= 4 is 27.0 Å². The first kappa shape index (κ1) is 23.0. The van der Waals surface area contributed by atoms with E-state index in [-0.39, 0.29) is 30.7 Å². The molecule has 5 rings (SSSR count). The number of hydrogen-bond acceptors (Lipinski definition) is 5. The van der Waals surface area contributed by atoms with Gasteiger partial charge >= 0.3 is 0 Å². The molecule has 180 valence electrons. The topological polar surface area (TPSA) is 83.7 Å². The van der Waals surface area contributed by atoms with Crippen molar-refractivity contribution in [2.75, 3.05) is 26.2 Å². The third-order valence-corrected chi connectivity index (χ3v) is 9.49. The maximum Gasteiger partial charge on any atom is 0.229 e. The van der Waals surface area contributed by atoms with Gasteiger partial charge in [0.05, 0.1) is 12.2 Å². The van der Waals surface area contributed by atoms with Gasteiger partial charge in [-0.1, -0.05) is 6.07 Å². The van der Waals surface area contributed by atoms with Crippen molar-refractivity contribution in [3.8, 4) is 0 Å². The molecule has 0 spiro atoms. The van der Waals surface area contributed by atoms with Crippen LogP contribution in [0.3, 0.4) is 0 Å². The first-order valence-electron chi connectivity index (χ1n) is 11.6. The number of aryl methyl sites for hydroxylation is 1. The number of sulfonamides is 1. The van der Waals surface area contributed by atoms with E-state index in [1.807, 2.05) is 12.1 Å². The molecule has 2 saturated heterocycles. The van der Waals surface area contributed by atoms with Gasteiger partial charge in [0.25, 0.3) is 0 Å². The van der Waals surface area contributed by atoms with Gasteiger partial charge < -0.3 is 9.32 Å². The van der Waals surface area contributed by atoms with Gasteiger partial charge in [0.1, 0.15) is 16.6 Å². The second kappa shape index (κ2) is 8.78. The van der Waals surface area contributed by atoms with Crippen molar-refractivity contribution < 1.29 is 22.0 Å². The molecule has 34 heavy (non-hydrogen) atoms. The lowest BCUT2D eigenvalue weighted by molar-refractivity contribution is -0.135. The zero-order chi connectivity index (χ0) is 24.0. The van der Waals surface area contributed by atoms with Gasteiger partial charge in [-0.05, 0) is 68.0 Å². The molecule has 1 unspecified atom stereocenters. The maximum absolute atomic E-state index is 13.4. The smallest absolute Gasteiger partial charge is 0.229 e. The molecule has 2 aliphatic heterocycles. The highest BCUT2D eigenvalue weighted by Gasteiger charge is 2.44. The quantitative estimate of drug-likeness (QED) is 0.549. The van der Waals surface area contributed by atoms with Crippen LogP contribution in [0, 0.1) is 12.7 Å².